The Balaban J connectivity index is 1.98. The summed E-state index contributed by atoms with van der Waals surface area (Å²) >= 11 is 5.90. The van der Waals surface area contributed by atoms with Gasteiger partial charge in [0.2, 0.25) is 11.7 Å². The van der Waals surface area contributed by atoms with Gasteiger partial charge < -0.3 is 15.4 Å². The second-order valence-electron chi connectivity index (χ2n) is 10.7. The summed E-state index contributed by atoms with van der Waals surface area (Å²) < 4.78 is 75.7. The lowest BCUT2D eigenvalue weighted by molar-refractivity contribution is -0.177. The van der Waals surface area contributed by atoms with Gasteiger partial charge in [-0.15, -0.1) is 0 Å². The molecule has 8 nitrogen and oxygen atoms in total. The van der Waals surface area contributed by atoms with Crippen molar-refractivity contribution >= 4 is 35.0 Å². The normalized spacial score (nSPS) is 13.8. The second-order valence-corrected chi connectivity index (χ2v) is 11.2. The number of nitrogens with one attached hydrogen (secondary N) is 2. The van der Waals surface area contributed by atoms with Crippen molar-refractivity contribution in [2.75, 3.05) is 7.11 Å². The van der Waals surface area contributed by atoms with Gasteiger partial charge in [-0.2, -0.15) is 22.0 Å². The minimum atomic E-state index is -5.21. The van der Waals surface area contributed by atoms with E-state index in [1.807, 2.05) is 5.32 Å². The van der Waals surface area contributed by atoms with Crippen LogP contribution in [0.1, 0.15) is 43.0 Å². The molecule has 0 aliphatic carbocycles. The zero-order chi connectivity index (χ0) is 34.2. The van der Waals surface area contributed by atoms with E-state index in [1.54, 1.807) is 0 Å². The standard InChI is InChI=1S/C32H31ClF5N3O5/c1-18(2)22(28(43)32(36,37)38)16-26(42)27(20-10-12-21(46-3)13-11-20)41-29(44)25(15-19-7-6-14-39-17-19)40-30(45)31(34,35)23-8-4-5-9-24(23)33/h4-14,17-18,22,25,27H,15-16H2,1-3H3,(H,40,45)(H,41,44)/t22-,25-,27-/m0/s1. The number of carbonyl (C=O) groups is 4. The van der Waals surface area contributed by atoms with Crippen molar-refractivity contribution in [3.05, 3.63) is 94.8 Å². The number of nitrogens with zero attached hydrogens (tertiary/aromatic N) is 1. The summed E-state index contributed by atoms with van der Waals surface area (Å²) in [7, 11) is 1.37. The first-order valence-corrected chi connectivity index (χ1v) is 14.3. The lowest BCUT2D eigenvalue weighted by Gasteiger charge is -2.27. The predicted octanol–water partition coefficient (Wildman–Crippen LogP) is 5.78. The second kappa shape index (κ2) is 15.3. The van der Waals surface area contributed by atoms with Crippen LogP contribution in [0.15, 0.2) is 73.1 Å². The average molecular weight is 668 g/mol. The average Bonchev–Trinajstić information content (AvgIpc) is 3.01. The molecule has 0 saturated carbocycles. The summed E-state index contributed by atoms with van der Waals surface area (Å²) in [4.78, 5) is 56.3. The number of benzene rings is 2. The van der Waals surface area contributed by atoms with Crippen LogP contribution in [-0.4, -0.2) is 47.7 Å². The molecule has 0 saturated heterocycles. The van der Waals surface area contributed by atoms with Gasteiger partial charge >= 0.3 is 12.1 Å². The molecule has 46 heavy (non-hydrogen) atoms. The Morgan fingerprint density at radius 2 is 1.57 bits per heavy atom. The van der Waals surface area contributed by atoms with Gasteiger partial charge in [0.05, 0.1) is 12.1 Å². The molecule has 0 fully saturated rings. The number of halogens is 6. The van der Waals surface area contributed by atoms with Crippen LogP contribution in [0, 0.1) is 11.8 Å². The molecule has 0 unspecified atom stereocenters. The van der Waals surface area contributed by atoms with Crippen LogP contribution in [0.25, 0.3) is 0 Å². The number of alkyl halides is 5. The highest BCUT2D eigenvalue weighted by atomic mass is 35.5. The summed E-state index contributed by atoms with van der Waals surface area (Å²) in [6.45, 7) is 2.70. The maximum absolute atomic E-state index is 15.3. The molecule has 0 aliphatic rings. The van der Waals surface area contributed by atoms with Crippen molar-refractivity contribution < 1.29 is 45.9 Å². The number of rotatable bonds is 14. The van der Waals surface area contributed by atoms with Gasteiger partial charge in [-0.25, -0.2) is 0 Å². The Morgan fingerprint density at radius 1 is 0.913 bits per heavy atom. The third-order valence-corrected chi connectivity index (χ3v) is 7.51. The third-order valence-electron chi connectivity index (χ3n) is 7.18. The van der Waals surface area contributed by atoms with Crippen LogP contribution < -0.4 is 15.4 Å². The number of hydrogen-bond donors (Lipinski definition) is 2. The highest BCUT2D eigenvalue weighted by Gasteiger charge is 2.46. The summed E-state index contributed by atoms with van der Waals surface area (Å²) in [5, 5.41) is 4.02. The Kier molecular flexibility index (Phi) is 12.0. The molecular formula is C32H31ClF5N3O5. The molecule has 3 aromatic rings. The molecular weight excluding hydrogens is 637 g/mol. The molecule has 246 valence electrons. The van der Waals surface area contributed by atoms with Gasteiger partial charge in [-0.05, 0) is 41.3 Å². The first-order chi connectivity index (χ1) is 21.6. The van der Waals surface area contributed by atoms with Crippen molar-refractivity contribution in [1.29, 1.82) is 0 Å². The number of aromatic nitrogens is 1. The fourth-order valence-electron chi connectivity index (χ4n) is 4.62. The molecule has 0 spiro atoms. The van der Waals surface area contributed by atoms with Gasteiger partial charge in [-0.3, -0.25) is 24.2 Å². The van der Waals surface area contributed by atoms with E-state index in [0.29, 0.717) is 11.3 Å². The van der Waals surface area contributed by atoms with Gasteiger partial charge in [-0.1, -0.05) is 61.8 Å². The van der Waals surface area contributed by atoms with Crippen LogP contribution >= 0.6 is 11.6 Å². The number of ether oxygens (including phenoxy) is 1. The van der Waals surface area contributed by atoms with E-state index in [0.717, 1.165) is 12.1 Å². The molecule has 0 bridgehead atoms. The van der Waals surface area contributed by atoms with E-state index in [1.165, 1.54) is 81.9 Å². The fourth-order valence-corrected chi connectivity index (χ4v) is 4.87. The molecule has 0 aliphatic heterocycles. The highest BCUT2D eigenvalue weighted by molar-refractivity contribution is 6.31. The molecule has 2 aromatic carbocycles. The van der Waals surface area contributed by atoms with Gasteiger partial charge in [0.15, 0.2) is 5.78 Å². The third kappa shape index (κ3) is 9.09. The van der Waals surface area contributed by atoms with Crippen molar-refractivity contribution in [3.8, 4) is 5.75 Å². The van der Waals surface area contributed by atoms with Crippen molar-refractivity contribution in [2.24, 2.45) is 11.8 Å². The number of Topliss-reactive ketones (excluding diaryl/α,β-unsaturated/α-hetero) is 2. The van der Waals surface area contributed by atoms with Crippen LogP contribution in [0.4, 0.5) is 22.0 Å². The number of pyridine rings is 1. The highest BCUT2D eigenvalue weighted by Crippen LogP contribution is 2.34. The van der Waals surface area contributed by atoms with Crippen molar-refractivity contribution in [3.63, 3.8) is 0 Å². The van der Waals surface area contributed by atoms with Crippen LogP contribution in [-0.2, 0) is 31.5 Å². The maximum atomic E-state index is 15.3. The summed E-state index contributed by atoms with van der Waals surface area (Å²) in [5.41, 5.74) is -0.351. The van der Waals surface area contributed by atoms with Gasteiger partial charge in [0, 0.05) is 36.7 Å². The molecule has 14 heteroatoms. The first-order valence-electron chi connectivity index (χ1n) is 14.0. The smallest absolute Gasteiger partial charge is 0.450 e. The topological polar surface area (TPSA) is 114 Å². The Labute approximate surface area is 266 Å². The molecule has 2 N–H and O–H groups in total. The number of carbonyl (C=O) groups excluding carboxylic acids is 4. The molecule has 0 radical (unpaired) electrons. The molecule has 3 rings (SSSR count). The largest absolute Gasteiger partial charge is 0.497 e. The molecule has 2 amide bonds. The zero-order valence-electron chi connectivity index (χ0n) is 24.9. The quantitative estimate of drug-likeness (QED) is 0.211. The van der Waals surface area contributed by atoms with Crippen molar-refractivity contribution in [1.82, 2.24) is 15.6 Å². The van der Waals surface area contributed by atoms with E-state index in [4.69, 9.17) is 16.3 Å². The first kappa shape index (κ1) is 36.1. The Bertz CT molecular complexity index is 1540. The minimum absolute atomic E-state index is 0.106. The zero-order valence-corrected chi connectivity index (χ0v) is 25.7. The number of methoxy groups -OCH3 is 1. The van der Waals surface area contributed by atoms with Crippen LogP contribution in [0.3, 0.4) is 0 Å². The Morgan fingerprint density at radius 3 is 2.11 bits per heavy atom. The van der Waals surface area contributed by atoms with E-state index in [2.05, 4.69) is 10.3 Å². The number of ketones is 2. The van der Waals surface area contributed by atoms with Crippen LogP contribution in [0.2, 0.25) is 5.02 Å². The van der Waals surface area contributed by atoms with E-state index < -0.39 is 76.4 Å². The van der Waals surface area contributed by atoms with Gasteiger partial charge in [0.1, 0.15) is 17.8 Å². The minimum Gasteiger partial charge on any atom is -0.497 e. The molecule has 1 aromatic heterocycles. The van der Waals surface area contributed by atoms with E-state index >= 15 is 8.78 Å². The predicted molar refractivity (Wildman–Crippen MR) is 158 cm³/mol. The molecule has 3 atom stereocenters. The SMILES string of the molecule is COc1ccc([C@H](NC(=O)[C@H](Cc2cccnc2)NC(=O)C(F)(F)c2ccccc2Cl)C(=O)C[C@H](C(=O)C(F)(F)F)C(C)C)cc1. The lowest BCUT2D eigenvalue weighted by atomic mass is 9.84. The Hall–Kier alpha value is -4.39. The number of amides is 2. The number of hydrogen-bond acceptors (Lipinski definition) is 6. The summed E-state index contributed by atoms with van der Waals surface area (Å²) in [6, 6.07) is 10.1. The molecule has 1 heterocycles. The van der Waals surface area contributed by atoms with Crippen LogP contribution in [0.5, 0.6) is 5.75 Å². The van der Waals surface area contributed by atoms with E-state index in [-0.39, 0.29) is 12.0 Å². The monoisotopic (exact) mass is 667 g/mol. The summed E-state index contributed by atoms with van der Waals surface area (Å²) in [5.74, 6) is -12.5. The lowest BCUT2D eigenvalue weighted by Crippen LogP contribution is -2.53. The van der Waals surface area contributed by atoms with Crippen molar-refractivity contribution in [2.45, 2.75) is 50.9 Å². The van der Waals surface area contributed by atoms with E-state index in [9.17, 15) is 32.3 Å². The summed E-state index contributed by atoms with van der Waals surface area (Å²) in [6.07, 6.45) is -3.69. The fraction of sp³-hybridized carbons (Fsp3) is 0.344. The van der Waals surface area contributed by atoms with Gasteiger partial charge in [0.25, 0.3) is 5.91 Å². The maximum Gasteiger partial charge on any atom is 0.450 e.